The molecule has 0 heterocycles. The van der Waals surface area contributed by atoms with Crippen molar-refractivity contribution in [1.82, 2.24) is 0 Å². The van der Waals surface area contributed by atoms with Crippen molar-refractivity contribution in [3.8, 4) is 0 Å². The minimum atomic E-state index is -0.957. The number of halogens is 1. The molecule has 0 fully saturated rings. The molecular weight excluding hydrogens is 393 g/mol. The molecular formula is C17H16INO3. The third-order valence-electron chi connectivity index (χ3n) is 3.25. The summed E-state index contributed by atoms with van der Waals surface area (Å²) in [7, 11) is 0. The molecule has 1 atom stereocenters. The zero-order valence-corrected chi connectivity index (χ0v) is 14.0. The summed E-state index contributed by atoms with van der Waals surface area (Å²) in [6, 6.07) is 16.7. The van der Waals surface area contributed by atoms with E-state index >= 15 is 0 Å². The summed E-state index contributed by atoms with van der Waals surface area (Å²) < 4.78 is 0.920. The monoisotopic (exact) mass is 409 g/mol. The number of hydrogen-bond acceptors (Lipinski definition) is 2. The number of amides is 1. The fraction of sp³-hybridized carbons (Fsp3) is 0.176. The highest BCUT2D eigenvalue weighted by molar-refractivity contribution is 14.1. The summed E-state index contributed by atoms with van der Waals surface area (Å²) in [5, 5.41) is 12.1. The Hall–Kier alpha value is -1.89. The van der Waals surface area contributed by atoms with Crippen molar-refractivity contribution in [2.75, 3.05) is 5.32 Å². The van der Waals surface area contributed by atoms with Crippen LogP contribution in [-0.2, 0) is 16.0 Å². The van der Waals surface area contributed by atoms with E-state index in [1.54, 1.807) is 6.07 Å². The van der Waals surface area contributed by atoms with Gasteiger partial charge in [0, 0.05) is 9.99 Å². The van der Waals surface area contributed by atoms with Crippen LogP contribution in [0.25, 0.3) is 0 Å². The molecule has 0 aliphatic heterocycles. The van der Waals surface area contributed by atoms with E-state index in [0.29, 0.717) is 12.1 Å². The Kier molecular flexibility index (Phi) is 5.94. The number of carboxylic acids is 1. The molecule has 0 saturated heterocycles. The number of nitrogens with one attached hydrogen (secondary N) is 1. The van der Waals surface area contributed by atoms with E-state index < -0.39 is 11.9 Å². The molecule has 2 rings (SSSR count). The maximum atomic E-state index is 12.1. The van der Waals surface area contributed by atoms with Gasteiger partial charge in [-0.05, 0) is 46.7 Å². The third kappa shape index (κ3) is 4.84. The Balaban J connectivity index is 2.00. The molecule has 1 unspecified atom stereocenters. The van der Waals surface area contributed by atoms with Gasteiger partial charge >= 0.3 is 5.97 Å². The predicted octanol–water partition coefficient (Wildman–Crippen LogP) is 3.56. The predicted molar refractivity (Wildman–Crippen MR) is 93.7 cm³/mol. The first-order chi connectivity index (χ1) is 10.6. The zero-order chi connectivity index (χ0) is 15.9. The molecule has 2 N–H and O–H groups in total. The van der Waals surface area contributed by atoms with Crippen LogP contribution in [-0.4, -0.2) is 17.0 Å². The highest BCUT2D eigenvalue weighted by Gasteiger charge is 2.22. The summed E-state index contributed by atoms with van der Waals surface area (Å²) in [5.74, 6) is -1.97. The first-order valence-electron chi connectivity index (χ1n) is 6.87. The van der Waals surface area contributed by atoms with Gasteiger partial charge in [0.2, 0.25) is 5.91 Å². The van der Waals surface area contributed by atoms with Gasteiger partial charge in [-0.3, -0.25) is 9.59 Å². The average molecular weight is 409 g/mol. The Morgan fingerprint density at radius 1 is 1.05 bits per heavy atom. The Morgan fingerprint density at radius 3 is 2.32 bits per heavy atom. The van der Waals surface area contributed by atoms with E-state index in [1.807, 2.05) is 48.5 Å². The maximum absolute atomic E-state index is 12.1. The highest BCUT2D eigenvalue weighted by atomic mass is 127. The van der Waals surface area contributed by atoms with Gasteiger partial charge in [0.05, 0.1) is 11.6 Å². The number of benzene rings is 2. The molecule has 2 aromatic rings. The topological polar surface area (TPSA) is 66.4 Å². The molecule has 0 bridgehead atoms. The van der Waals surface area contributed by atoms with Crippen LogP contribution in [0.15, 0.2) is 54.6 Å². The first-order valence-corrected chi connectivity index (χ1v) is 7.95. The van der Waals surface area contributed by atoms with E-state index in [9.17, 15) is 14.7 Å². The normalized spacial score (nSPS) is 11.7. The standard InChI is InChI=1S/C17H16INO3/c18-14-8-4-5-9-15(14)19-16(20)11-13(17(21)22)10-12-6-2-1-3-7-12/h1-9,13H,10-11H2,(H,19,20)(H,21,22). The van der Waals surface area contributed by atoms with Crippen LogP contribution in [0.1, 0.15) is 12.0 Å². The van der Waals surface area contributed by atoms with Gasteiger partial charge in [0.25, 0.3) is 0 Å². The molecule has 5 heteroatoms. The molecule has 4 nitrogen and oxygen atoms in total. The molecule has 0 radical (unpaired) electrons. The molecule has 2 aromatic carbocycles. The number of carbonyl (C=O) groups excluding carboxylic acids is 1. The Labute approximate surface area is 142 Å². The molecule has 0 aromatic heterocycles. The number of carboxylic acid groups (broad SMARTS) is 1. The Bertz CT molecular complexity index is 658. The van der Waals surface area contributed by atoms with E-state index in [2.05, 4.69) is 27.9 Å². The number of anilines is 1. The lowest BCUT2D eigenvalue weighted by molar-refractivity contribution is -0.143. The van der Waals surface area contributed by atoms with Crippen molar-refractivity contribution in [2.45, 2.75) is 12.8 Å². The number of hydrogen-bond donors (Lipinski definition) is 2. The van der Waals surface area contributed by atoms with E-state index in [1.165, 1.54) is 0 Å². The smallest absolute Gasteiger partial charge is 0.307 e. The average Bonchev–Trinajstić information content (AvgIpc) is 2.50. The largest absolute Gasteiger partial charge is 0.481 e. The van der Waals surface area contributed by atoms with Gasteiger partial charge in [-0.25, -0.2) is 0 Å². The van der Waals surface area contributed by atoms with Crippen LogP contribution in [0.5, 0.6) is 0 Å². The lowest BCUT2D eigenvalue weighted by Gasteiger charge is -2.13. The SMILES string of the molecule is O=C(CC(Cc1ccccc1)C(=O)O)Nc1ccccc1I. The summed E-state index contributed by atoms with van der Waals surface area (Å²) in [6.45, 7) is 0. The quantitative estimate of drug-likeness (QED) is 0.718. The van der Waals surface area contributed by atoms with Crippen molar-refractivity contribution in [1.29, 1.82) is 0 Å². The van der Waals surface area contributed by atoms with Gasteiger partial charge in [-0.15, -0.1) is 0 Å². The molecule has 114 valence electrons. The molecule has 1 amide bonds. The second-order valence-electron chi connectivity index (χ2n) is 4.96. The minimum Gasteiger partial charge on any atom is -0.481 e. The van der Waals surface area contributed by atoms with Crippen molar-refractivity contribution in [3.05, 3.63) is 63.7 Å². The lowest BCUT2D eigenvalue weighted by Crippen LogP contribution is -2.24. The Morgan fingerprint density at radius 2 is 1.68 bits per heavy atom. The van der Waals surface area contributed by atoms with Crippen LogP contribution >= 0.6 is 22.6 Å². The van der Waals surface area contributed by atoms with Crippen LogP contribution in [0, 0.1) is 9.49 Å². The van der Waals surface area contributed by atoms with Crippen LogP contribution in [0.3, 0.4) is 0 Å². The van der Waals surface area contributed by atoms with E-state index in [-0.39, 0.29) is 12.3 Å². The summed E-state index contributed by atoms with van der Waals surface area (Å²) in [4.78, 5) is 23.5. The second-order valence-corrected chi connectivity index (χ2v) is 6.12. The number of rotatable bonds is 6. The van der Waals surface area contributed by atoms with Crippen LogP contribution in [0.2, 0.25) is 0 Å². The second kappa shape index (κ2) is 7.93. The molecule has 0 saturated carbocycles. The fourth-order valence-corrected chi connectivity index (χ4v) is 2.66. The zero-order valence-electron chi connectivity index (χ0n) is 11.8. The molecule has 22 heavy (non-hydrogen) atoms. The number of aliphatic carboxylic acids is 1. The number of carbonyl (C=O) groups is 2. The summed E-state index contributed by atoms with van der Waals surface area (Å²) in [5.41, 5.74) is 1.62. The van der Waals surface area contributed by atoms with Gasteiger partial charge < -0.3 is 10.4 Å². The third-order valence-corrected chi connectivity index (χ3v) is 4.19. The fourth-order valence-electron chi connectivity index (χ4n) is 2.13. The van der Waals surface area contributed by atoms with Gasteiger partial charge in [-0.2, -0.15) is 0 Å². The van der Waals surface area contributed by atoms with Crippen molar-refractivity contribution >= 4 is 40.2 Å². The summed E-state index contributed by atoms with van der Waals surface area (Å²) >= 11 is 2.13. The lowest BCUT2D eigenvalue weighted by atomic mass is 9.96. The van der Waals surface area contributed by atoms with E-state index in [4.69, 9.17) is 0 Å². The van der Waals surface area contributed by atoms with E-state index in [0.717, 1.165) is 9.13 Å². The molecule has 0 aliphatic carbocycles. The van der Waals surface area contributed by atoms with Crippen molar-refractivity contribution in [2.24, 2.45) is 5.92 Å². The van der Waals surface area contributed by atoms with Gasteiger partial charge in [-0.1, -0.05) is 42.5 Å². The van der Waals surface area contributed by atoms with Gasteiger partial charge in [0.15, 0.2) is 0 Å². The molecule has 0 aliphatic rings. The van der Waals surface area contributed by atoms with Crippen molar-refractivity contribution in [3.63, 3.8) is 0 Å². The maximum Gasteiger partial charge on any atom is 0.307 e. The first kappa shape index (κ1) is 16.5. The number of para-hydroxylation sites is 1. The van der Waals surface area contributed by atoms with Crippen LogP contribution < -0.4 is 5.32 Å². The van der Waals surface area contributed by atoms with Gasteiger partial charge in [0.1, 0.15) is 0 Å². The van der Waals surface area contributed by atoms with Crippen molar-refractivity contribution < 1.29 is 14.7 Å². The minimum absolute atomic E-state index is 0.0464. The highest BCUT2D eigenvalue weighted by Crippen LogP contribution is 2.19. The van der Waals surface area contributed by atoms with Crippen LogP contribution in [0.4, 0.5) is 5.69 Å². The summed E-state index contributed by atoms with van der Waals surface area (Å²) in [6.07, 6.45) is 0.296. The molecule has 0 spiro atoms.